The molecule has 0 aliphatic carbocycles. The molecule has 3 nitrogen and oxygen atoms in total. The Morgan fingerprint density at radius 1 is 1.40 bits per heavy atom. The van der Waals surface area contributed by atoms with Crippen LogP contribution in [0, 0.1) is 5.92 Å². The minimum absolute atomic E-state index is 0.164. The van der Waals surface area contributed by atoms with E-state index in [0.29, 0.717) is 5.11 Å². The summed E-state index contributed by atoms with van der Waals surface area (Å²) in [5.74, 6) is 0.164. The highest BCUT2D eigenvalue weighted by molar-refractivity contribution is 7.80. The molecule has 1 aliphatic rings. The molecule has 0 aromatic heterocycles. The first-order valence-electron chi connectivity index (χ1n) is 5.00. The Labute approximate surface area is 94.7 Å². The molecule has 0 amide bonds. The van der Waals surface area contributed by atoms with E-state index >= 15 is 0 Å². The first-order valence-corrected chi connectivity index (χ1v) is 5.41. The lowest BCUT2D eigenvalue weighted by Crippen LogP contribution is -2.56. The van der Waals surface area contributed by atoms with Crippen LogP contribution in [0.5, 0.6) is 0 Å². The third-order valence-electron chi connectivity index (χ3n) is 2.60. The third kappa shape index (κ3) is 1.96. The molecule has 0 radical (unpaired) electrons. The monoisotopic (exact) mass is 222 g/mol. The van der Waals surface area contributed by atoms with E-state index in [1.807, 2.05) is 37.3 Å². The summed E-state index contributed by atoms with van der Waals surface area (Å²) in [6.07, 6.45) is -0.541. The van der Waals surface area contributed by atoms with Gasteiger partial charge in [-0.1, -0.05) is 25.1 Å². The van der Waals surface area contributed by atoms with E-state index < -0.39 is 6.23 Å². The van der Waals surface area contributed by atoms with Crippen molar-refractivity contribution in [1.29, 1.82) is 0 Å². The number of anilines is 1. The predicted octanol–water partition coefficient (Wildman–Crippen LogP) is 1.34. The molecule has 1 aliphatic heterocycles. The Morgan fingerprint density at radius 3 is 2.73 bits per heavy atom. The molecular weight excluding hydrogens is 208 g/mol. The van der Waals surface area contributed by atoms with Gasteiger partial charge in [-0.3, -0.25) is 4.90 Å². The Kier molecular flexibility index (Phi) is 2.88. The second-order valence-electron chi connectivity index (χ2n) is 3.78. The summed E-state index contributed by atoms with van der Waals surface area (Å²) in [6, 6.07) is 9.69. The van der Waals surface area contributed by atoms with Gasteiger partial charge in [0.05, 0.1) is 0 Å². The Bertz CT molecular complexity index is 355. The van der Waals surface area contributed by atoms with Crippen LogP contribution in [0.1, 0.15) is 6.92 Å². The number of benzene rings is 1. The lowest BCUT2D eigenvalue weighted by atomic mass is 10.1. The smallest absolute Gasteiger partial charge is 0.175 e. The number of para-hydroxylation sites is 1. The maximum atomic E-state index is 10.1. The number of nitrogens with zero attached hydrogens (tertiary/aromatic N) is 1. The summed E-state index contributed by atoms with van der Waals surface area (Å²) in [6.45, 7) is 2.72. The van der Waals surface area contributed by atoms with Crippen molar-refractivity contribution in [3.63, 3.8) is 0 Å². The SMILES string of the molecule is C[C@H]1CNC(=S)N(c2ccccc2)[C@H]1O. The molecule has 1 fully saturated rings. The fourth-order valence-electron chi connectivity index (χ4n) is 1.67. The van der Waals surface area contributed by atoms with Gasteiger partial charge in [-0.25, -0.2) is 0 Å². The van der Waals surface area contributed by atoms with Crippen molar-refractivity contribution >= 4 is 23.0 Å². The maximum absolute atomic E-state index is 10.1. The van der Waals surface area contributed by atoms with Crippen molar-refractivity contribution in [1.82, 2.24) is 5.32 Å². The van der Waals surface area contributed by atoms with Crippen molar-refractivity contribution in [3.8, 4) is 0 Å². The van der Waals surface area contributed by atoms with Gasteiger partial charge in [-0.15, -0.1) is 0 Å². The summed E-state index contributed by atoms with van der Waals surface area (Å²) < 4.78 is 0. The quantitative estimate of drug-likeness (QED) is 0.703. The van der Waals surface area contributed by atoms with Crippen LogP contribution < -0.4 is 10.2 Å². The molecular formula is C11H14N2OS. The summed E-state index contributed by atoms with van der Waals surface area (Å²) >= 11 is 5.19. The number of nitrogens with one attached hydrogen (secondary N) is 1. The lowest BCUT2D eigenvalue weighted by molar-refractivity contribution is 0.118. The topological polar surface area (TPSA) is 35.5 Å². The molecule has 1 saturated heterocycles. The summed E-state index contributed by atoms with van der Waals surface area (Å²) in [4.78, 5) is 1.75. The Balaban J connectivity index is 2.29. The lowest BCUT2D eigenvalue weighted by Gasteiger charge is -2.38. The number of hydrogen-bond acceptors (Lipinski definition) is 2. The van der Waals surface area contributed by atoms with Gasteiger partial charge < -0.3 is 10.4 Å². The second kappa shape index (κ2) is 4.16. The van der Waals surface area contributed by atoms with E-state index in [9.17, 15) is 5.11 Å². The highest BCUT2D eigenvalue weighted by Crippen LogP contribution is 2.22. The van der Waals surface area contributed by atoms with E-state index in [1.165, 1.54) is 0 Å². The zero-order valence-electron chi connectivity index (χ0n) is 8.55. The van der Waals surface area contributed by atoms with Gasteiger partial charge in [-0.2, -0.15) is 0 Å². The predicted molar refractivity (Wildman–Crippen MR) is 64.7 cm³/mol. The average Bonchev–Trinajstić information content (AvgIpc) is 2.26. The molecule has 15 heavy (non-hydrogen) atoms. The van der Waals surface area contributed by atoms with Crippen molar-refractivity contribution in [3.05, 3.63) is 30.3 Å². The van der Waals surface area contributed by atoms with Crippen LogP contribution >= 0.6 is 12.2 Å². The molecule has 0 unspecified atom stereocenters. The number of aliphatic hydroxyl groups excluding tert-OH is 1. The number of rotatable bonds is 1. The third-order valence-corrected chi connectivity index (χ3v) is 2.94. The molecule has 0 bridgehead atoms. The minimum atomic E-state index is -0.541. The number of aliphatic hydroxyl groups is 1. The van der Waals surface area contributed by atoms with E-state index in [4.69, 9.17) is 12.2 Å². The zero-order valence-corrected chi connectivity index (χ0v) is 9.37. The van der Waals surface area contributed by atoms with E-state index in [1.54, 1.807) is 4.90 Å². The molecule has 80 valence electrons. The maximum Gasteiger partial charge on any atom is 0.175 e. The van der Waals surface area contributed by atoms with Crippen LogP contribution in [-0.4, -0.2) is 23.0 Å². The molecule has 1 aromatic rings. The molecule has 1 heterocycles. The normalized spacial score (nSPS) is 26.3. The molecule has 2 rings (SSSR count). The van der Waals surface area contributed by atoms with Crippen LogP contribution in [0.2, 0.25) is 0 Å². The molecule has 2 N–H and O–H groups in total. The van der Waals surface area contributed by atoms with Gasteiger partial charge in [0, 0.05) is 18.2 Å². The Hall–Kier alpha value is -1.13. The molecule has 2 atom stereocenters. The van der Waals surface area contributed by atoms with Crippen molar-refractivity contribution in [2.45, 2.75) is 13.2 Å². The van der Waals surface area contributed by atoms with Gasteiger partial charge in [0.15, 0.2) is 5.11 Å². The fourth-order valence-corrected chi connectivity index (χ4v) is 1.97. The summed E-state index contributed by atoms with van der Waals surface area (Å²) in [5.41, 5.74) is 0.925. The van der Waals surface area contributed by atoms with Gasteiger partial charge in [0.1, 0.15) is 6.23 Å². The Morgan fingerprint density at radius 2 is 2.07 bits per heavy atom. The van der Waals surface area contributed by atoms with Gasteiger partial charge >= 0.3 is 0 Å². The zero-order chi connectivity index (χ0) is 10.8. The number of thiocarbonyl (C=S) groups is 1. The van der Waals surface area contributed by atoms with Gasteiger partial charge in [0.2, 0.25) is 0 Å². The average molecular weight is 222 g/mol. The van der Waals surface area contributed by atoms with Crippen LogP contribution in [0.3, 0.4) is 0 Å². The highest BCUT2D eigenvalue weighted by Gasteiger charge is 2.30. The van der Waals surface area contributed by atoms with Gasteiger partial charge in [-0.05, 0) is 24.4 Å². The molecule has 4 heteroatoms. The molecule has 1 aromatic carbocycles. The van der Waals surface area contributed by atoms with Crippen molar-refractivity contribution in [2.75, 3.05) is 11.4 Å². The van der Waals surface area contributed by atoms with Gasteiger partial charge in [0.25, 0.3) is 0 Å². The summed E-state index contributed by atoms with van der Waals surface area (Å²) in [7, 11) is 0. The minimum Gasteiger partial charge on any atom is -0.373 e. The van der Waals surface area contributed by atoms with E-state index in [-0.39, 0.29) is 5.92 Å². The van der Waals surface area contributed by atoms with Crippen molar-refractivity contribution in [2.24, 2.45) is 5.92 Å². The number of hydrogen-bond donors (Lipinski definition) is 2. The standard InChI is InChI=1S/C11H14N2OS/c1-8-7-12-11(15)13(10(8)14)9-5-3-2-4-6-9/h2-6,8,10,14H,7H2,1H3,(H,12,15)/t8-,10-/m0/s1. The summed E-state index contributed by atoms with van der Waals surface area (Å²) in [5, 5.41) is 13.8. The first kappa shape index (κ1) is 10.4. The fraction of sp³-hybridized carbons (Fsp3) is 0.364. The van der Waals surface area contributed by atoms with E-state index in [0.717, 1.165) is 12.2 Å². The van der Waals surface area contributed by atoms with Crippen LogP contribution in [0.4, 0.5) is 5.69 Å². The van der Waals surface area contributed by atoms with Crippen LogP contribution in [0.25, 0.3) is 0 Å². The first-order chi connectivity index (χ1) is 7.20. The second-order valence-corrected chi connectivity index (χ2v) is 4.17. The molecule has 0 saturated carbocycles. The largest absolute Gasteiger partial charge is 0.373 e. The van der Waals surface area contributed by atoms with E-state index in [2.05, 4.69) is 5.32 Å². The molecule has 0 spiro atoms. The van der Waals surface area contributed by atoms with Crippen LogP contribution in [-0.2, 0) is 0 Å². The van der Waals surface area contributed by atoms with Crippen LogP contribution in [0.15, 0.2) is 30.3 Å². The van der Waals surface area contributed by atoms with Crippen molar-refractivity contribution < 1.29 is 5.11 Å². The highest BCUT2D eigenvalue weighted by atomic mass is 32.1.